The van der Waals surface area contributed by atoms with Gasteiger partial charge in [0.05, 0.1) is 10.5 Å². The number of nitrogens with zero attached hydrogens (tertiary/aromatic N) is 1. The first-order chi connectivity index (χ1) is 15.6. The molecule has 0 fully saturated rings. The fourth-order valence-electron chi connectivity index (χ4n) is 3.36. The minimum absolute atomic E-state index is 0.0806. The number of alkyl halides is 1. The molecular formula is C22H17ClF2N2O5S. The number of carbonyl (C=O) groups excluding carboxylic acids is 1. The van der Waals surface area contributed by atoms with Crippen LogP contribution in [0.25, 0.3) is 0 Å². The van der Waals surface area contributed by atoms with E-state index >= 15 is 0 Å². The molecule has 1 N–H and O–H groups in total. The van der Waals surface area contributed by atoms with E-state index in [-0.39, 0.29) is 23.6 Å². The zero-order valence-electron chi connectivity index (χ0n) is 16.9. The Morgan fingerprint density at radius 3 is 2.06 bits per heavy atom. The maximum Gasteiger partial charge on any atom is 0.269 e. The van der Waals surface area contributed by atoms with Crippen LogP contribution in [-0.2, 0) is 22.0 Å². The van der Waals surface area contributed by atoms with Crippen molar-refractivity contribution in [3.8, 4) is 0 Å². The first-order valence-corrected chi connectivity index (χ1v) is 11.5. The highest BCUT2D eigenvalue weighted by Gasteiger charge is 2.39. The number of rotatable bonds is 9. The van der Waals surface area contributed by atoms with Crippen molar-refractivity contribution in [2.24, 2.45) is 0 Å². The summed E-state index contributed by atoms with van der Waals surface area (Å²) in [5.41, 5.74) is -0.688. The summed E-state index contributed by atoms with van der Waals surface area (Å²) >= 11 is 6.24. The van der Waals surface area contributed by atoms with E-state index in [4.69, 9.17) is 11.6 Å². The summed E-state index contributed by atoms with van der Waals surface area (Å²) in [5, 5.41) is 11.0. The number of halogens is 3. The Hall–Kier alpha value is -3.21. The van der Waals surface area contributed by atoms with Crippen LogP contribution in [0.15, 0.2) is 71.6 Å². The molecule has 0 bridgehead atoms. The van der Waals surface area contributed by atoms with Crippen LogP contribution in [0, 0.1) is 21.7 Å². The predicted octanol–water partition coefficient (Wildman–Crippen LogP) is 4.34. The molecule has 3 aromatic rings. The van der Waals surface area contributed by atoms with Gasteiger partial charge < -0.3 is 0 Å². The number of hydrogen-bond acceptors (Lipinski definition) is 5. The van der Waals surface area contributed by atoms with Gasteiger partial charge in [-0.1, -0.05) is 42.5 Å². The fraction of sp³-hybridized carbons (Fsp3) is 0.136. The van der Waals surface area contributed by atoms with Crippen LogP contribution >= 0.6 is 11.6 Å². The molecule has 0 radical (unpaired) electrons. The second-order valence-electron chi connectivity index (χ2n) is 7.21. The van der Waals surface area contributed by atoms with Crippen LogP contribution < -0.4 is 4.72 Å². The Morgan fingerprint density at radius 1 is 1.00 bits per heavy atom. The number of hydrogen-bond donors (Lipinski definition) is 1. The number of nitro groups is 1. The number of nitro benzene ring substituents is 1. The summed E-state index contributed by atoms with van der Waals surface area (Å²) in [5.74, 6) is -2.95. The van der Waals surface area contributed by atoms with E-state index < -0.39 is 37.0 Å². The van der Waals surface area contributed by atoms with Gasteiger partial charge in [-0.05, 0) is 29.7 Å². The maximum atomic E-state index is 14.3. The highest BCUT2D eigenvalue weighted by Crippen LogP contribution is 2.32. The fourth-order valence-corrected chi connectivity index (χ4v) is 5.28. The van der Waals surface area contributed by atoms with Gasteiger partial charge in [0.1, 0.15) is 17.9 Å². The number of sulfonamides is 1. The topological polar surface area (TPSA) is 106 Å². The van der Waals surface area contributed by atoms with E-state index in [1.165, 1.54) is 36.4 Å². The average Bonchev–Trinajstić information content (AvgIpc) is 2.78. The molecule has 0 heterocycles. The zero-order valence-corrected chi connectivity index (χ0v) is 18.4. The standard InChI is InChI=1S/C22H17ClF2N2O5S/c23-14-22(12-15-4-6-16(13-28)7-5-15,17-8-10-18(11-9-17)27(29)30)26-33(31,32)21-19(24)2-1-3-20(21)25/h1-11,13,26H,12,14H2. The van der Waals surface area contributed by atoms with Crippen LogP contribution in [0.5, 0.6) is 0 Å². The summed E-state index contributed by atoms with van der Waals surface area (Å²) < 4.78 is 57.0. The molecular weight excluding hydrogens is 478 g/mol. The second kappa shape index (κ2) is 9.74. The van der Waals surface area contributed by atoms with Crippen LogP contribution in [0.4, 0.5) is 14.5 Å². The van der Waals surface area contributed by atoms with Crippen LogP contribution in [0.1, 0.15) is 21.5 Å². The van der Waals surface area contributed by atoms with Crippen molar-refractivity contribution in [1.29, 1.82) is 0 Å². The number of aldehydes is 1. The van der Waals surface area contributed by atoms with Gasteiger partial charge in [0.25, 0.3) is 5.69 Å². The molecule has 33 heavy (non-hydrogen) atoms. The molecule has 1 atom stereocenters. The Balaban J connectivity index is 2.14. The maximum absolute atomic E-state index is 14.3. The Morgan fingerprint density at radius 2 is 1.58 bits per heavy atom. The summed E-state index contributed by atoms with van der Waals surface area (Å²) in [6.07, 6.45) is 0.557. The molecule has 0 spiro atoms. The highest BCUT2D eigenvalue weighted by atomic mass is 35.5. The van der Waals surface area contributed by atoms with Crippen LogP contribution in [0.2, 0.25) is 0 Å². The van der Waals surface area contributed by atoms with E-state index in [1.807, 2.05) is 0 Å². The summed E-state index contributed by atoms with van der Waals surface area (Å²) in [4.78, 5) is 20.2. The molecule has 7 nitrogen and oxygen atoms in total. The van der Waals surface area contributed by atoms with Gasteiger partial charge in [-0.3, -0.25) is 14.9 Å². The van der Waals surface area contributed by atoms with Gasteiger partial charge in [-0.25, -0.2) is 17.2 Å². The molecule has 11 heteroatoms. The van der Waals surface area contributed by atoms with Crippen molar-refractivity contribution in [3.05, 3.63) is 105 Å². The Bertz CT molecular complexity index is 1260. The number of benzene rings is 3. The number of nitrogens with one attached hydrogen (secondary N) is 1. The third kappa shape index (κ3) is 5.24. The smallest absolute Gasteiger partial charge is 0.269 e. The molecule has 0 saturated heterocycles. The molecule has 0 amide bonds. The van der Waals surface area contributed by atoms with Crippen LogP contribution in [0.3, 0.4) is 0 Å². The summed E-state index contributed by atoms with van der Waals surface area (Å²) in [6, 6.07) is 13.8. The van der Waals surface area contributed by atoms with Gasteiger partial charge in [0.15, 0.2) is 4.90 Å². The average molecular weight is 495 g/mol. The lowest BCUT2D eigenvalue weighted by Crippen LogP contribution is -2.49. The first-order valence-electron chi connectivity index (χ1n) is 9.45. The molecule has 1 unspecified atom stereocenters. The minimum atomic E-state index is -4.77. The SMILES string of the molecule is O=Cc1ccc(CC(CCl)(NS(=O)(=O)c2c(F)cccc2F)c2ccc([N+](=O)[O-])cc2)cc1. The Labute approximate surface area is 193 Å². The molecule has 0 aliphatic heterocycles. The van der Waals surface area contributed by atoms with Crippen molar-refractivity contribution in [2.45, 2.75) is 16.9 Å². The van der Waals surface area contributed by atoms with Crippen molar-refractivity contribution in [3.63, 3.8) is 0 Å². The number of carbonyl (C=O) groups is 1. The van der Waals surface area contributed by atoms with Gasteiger partial charge in [-0.2, -0.15) is 4.72 Å². The number of non-ortho nitro benzene ring substituents is 1. The van der Waals surface area contributed by atoms with Gasteiger partial charge in [-0.15, -0.1) is 11.6 Å². The Kier molecular flexibility index (Phi) is 7.21. The highest BCUT2D eigenvalue weighted by molar-refractivity contribution is 7.89. The molecule has 0 aliphatic carbocycles. The lowest BCUT2D eigenvalue weighted by molar-refractivity contribution is -0.384. The van der Waals surface area contributed by atoms with E-state index in [2.05, 4.69) is 4.72 Å². The normalized spacial score (nSPS) is 13.3. The van der Waals surface area contributed by atoms with Crippen molar-refractivity contribution in [1.82, 2.24) is 4.72 Å². The first kappa shape index (κ1) is 24.4. The third-order valence-electron chi connectivity index (χ3n) is 5.00. The van der Waals surface area contributed by atoms with Crippen molar-refractivity contribution >= 4 is 33.6 Å². The van der Waals surface area contributed by atoms with Crippen molar-refractivity contribution in [2.75, 3.05) is 5.88 Å². The van der Waals surface area contributed by atoms with Gasteiger partial charge >= 0.3 is 0 Å². The largest absolute Gasteiger partial charge is 0.298 e. The molecule has 0 aromatic heterocycles. The molecule has 172 valence electrons. The van der Waals surface area contributed by atoms with E-state index in [0.717, 1.165) is 18.2 Å². The van der Waals surface area contributed by atoms with Crippen molar-refractivity contribution < 1.29 is 26.9 Å². The summed E-state index contributed by atoms with van der Waals surface area (Å²) in [7, 11) is -4.77. The third-order valence-corrected chi connectivity index (χ3v) is 7.04. The van der Waals surface area contributed by atoms with Crippen LogP contribution in [-0.4, -0.2) is 25.5 Å². The molecule has 3 aromatic carbocycles. The lowest BCUT2D eigenvalue weighted by Gasteiger charge is -2.33. The van der Waals surface area contributed by atoms with Gasteiger partial charge in [0, 0.05) is 23.6 Å². The molecule has 0 aliphatic rings. The zero-order chi connectivity index (χ0) is 24.2. The van der Waals surface area contributed by atoms with E-state index in [0.29, 0.717) is 17.4 Å². The molecule has 0 saturated carbocycles. The predicted molar refractivity (Wildman–Crippen MR) is 118 cm³/mol. The quantitative estimate of drug-likeness (QED) is 0.206. The van der Waals surface area contributed by atoms with E-state index in [1.54, 1.807) is 12.1 Å². The monoisotopic (exact) mass is 494 g/mol. The van der Waals surface area contributed by atoms with E-state index in [9.17, 15) is 32.1 Å². The van der Waals surface area contributed by atoms with Gasteiger partial charge in [0.2, 0.25) is 10.0 Å². The summed E-state index contributed by atoms with van der Waals surface area (Å²) in [6.45, 7) is 0. The lowest BCUT2D eigenvalue weighted by atomic mass is 9.86. The second-order valence-corrected chi connectivity index (χ2v) is 9.10. The molecule has 3 rings (SSSR count). The minimum Gasteiger partial charge on any atom is -0.298 e.